The van der Waals surface area contributed by atoms with Crippen molar-refractivity contribution in [1.82, 2.24) is 0 Å². The molecule has 0 amide bonds. The van der Waals surface area contributed by atoms with E-state index >= 15 is 0 Å². The Hall–Kier alpha value is -0.370. The van der Waals surface area contributed by atoms with Gasteiger partial charge >= 0.3 is 0 Å². The first-order chi connectivity index (χ1) is 5.20. The minimum Gasteiger partial charge on any atom is -0.370 e. The number of ether oxygens (including phenoxy) is 1. The molecule has 0 aromatic carbocycles. The molecule has 0 aromatic rings. The number of carbonyl (C=O) groups is 1. The third kappa shape index (κ3) is 2.62. The van der Waals surface area contributed by atoms with Gasteiger partial charge in [0.2, 0.25) is 0 Å². The van der Waals surface area contributed by atoms with E-state index in [0.717, 1.165) is 25.9 Å². The van der Waals surface area contributed by atoms with E-state index in [-0.39, 0.29) is 6.10 Å². The van der Waals surface area contributed by atoms with E-state index in [2.05, 4.69) is 13.8 Å². The standard InChI is InChI=1S/C9H16O2/c1-7(2)6-9-8(10)4-3-5-11-9/h7,9H,3-6H2,1-2H3. The first-order valence-corrected chi connectivity index (χ1v) is 4.34. The quantitative estimate of drug-likeness (QED) is 0.609. The van der Waals surface area contributed by atoms with E-state index in [1.165, 1.54) is 0 Å². The van der Waals surface area contributed by atoms with Gasteiger partial charge < -0.3 is 4.74 Å². The zero-order chi connectivity index (χ0) is 8.27. The van der Waals surface area contributed by atoms with Crippen LogP contribution in [-0.4, -0.2) is 18.5 Å². The van der Waals surface area contributed by atoms with Crippen LogP contribution in [0.4, 0.5) is 0 Å². The van der Waals surface area contributed by atoms with Gasteiger partial charge in [0.25, 0.3) is 0 Å². The van der Waals surface area contributed by atoms with E-state index in [9.17, 15) is 4.79 Å². The Morgan fingerprint density at radius 3 is 2.91 bits per heavy atom. The molecular weight excluding hydrogens is 140 g/mol. The average molecular weight is 156 g/mol. The van der Waals surface area contributed by atoms with Crippen molar-refractivity contribution in [2.45, 2.75) is 39.2 Å². The zero-order valence-corrected chi connectivity index (χ0v) is 7.30. The van der Waals surface area contributed by atoms with Crippen LogP contribution in [0.15, 0.2) is 0 Å². The number of carbonyl (C=O) groups excluding carboxylic acids is 1. The van der Waals surface area contributed by atoms with Crippen molar-refractivity contribution in [3.05, 3.63) is 0 Å². The molecule has 1 rings (SSSR count). The maximum absolute atomic E-state index is 11.2. The molecule has 11 heavy (non-hydrogen) atoms. The van der Waals surface area contributed by atoms with Gasteiger partial charge in [-0.25, -0.2) is 0 Å². The normalized spacial score (nSPS) is 26.1. The third-order valence-electron chi connectivity index (χ3n) is 1.93. The Kier molecular flexibility index (Phi) is 3.06. The van der Waals surface area contributed by atoms with Gasteiger partial charge in [-0.3, -0.25) is 4.79 Å². The summed E-state index contributed by atoms with van der Waals surface area (Å²) in [6.45, 7) is 5.00. The highest BCUT2D eigenvalue weighted by atomic mass is 16.5. The number of Topliss-reactive ketones (excluding diaryl/α,β-unsaturated/α-hetero) is 1. The Morgan fingerprint density at radius 1 is 1.64 bits per heavy atom. The molecule has 1 unspecified atom stereocenters. The van der Waals surface area contributed by atoms with E-state index in [4.69, 9.17) is 4.74 Å². The lowest BCUT2D eigenvalue weighted by molar-refractivity contribution is -0.136. The number of rotatable bonds is 2. The van der Waals surface area contributed by atoms with E-state index < -0.39 is 0 Å². The molecule has 0 saturated carbocycles. The molecule has 1 aliphatic rings. The highest BCUT2D eigenvalue weighted by Crippen LogP contribution is 2.16. The van der Waals surface area contributed by atoms with Crippen molar-refractivity contribution in [2.24, 2.45) is 5.92 Å². The van der Waals surface area contributed by atoms with Gasteiger partial charge in [-0.1, -0.05) is 13.8 Å². The van der Waals surface area contributed by atoms with Crippen molar-refractivity contribution in [2.75, 3.05) is 6.61 Å². The monoisotopic (exact) mass is 156 g/mol. The summed E-state index contributed by atoms with van der Waals surface area (Å²) in [7, 11) is 0. The first kappa shape index (κ1) is 8.72. The topological polar surface area (TPSA) is 26.3 Å². The molecule has 0 N–H and O–H groups in total. The number of hydrogen-bond acceptors (Lipinski definition) is 2. The van der Waals surface area contributed by atoms with Gasteiger partial charge in [0.15, 0.2) is 5.78 Å². The second kappa shape index (κ2) is 3.86. The summed E-state index contributed by atoms with van der Waals surface area (Å²) in [6, 6.07) is 0. The van der Waals surface area contributed by atoms with Crippen LogP contribution in [-0.2, 0) is 9.53 Å². The summed E-state index contributed by atoms with van der Waals surface area (Å²) in [4.78, 5) is 11.2. The van der Waals surface area contributed by atoms with E-state index in [1.54, 1.807) is 0 Å². The molecule has 0 aromatic heterocycles. The van der Waals surface area contributed by atoms with Gasteiger partial charge in [0.05, 0.1) is 0 Å². The molecule has 0 bridgehead atoms. The maximum atomic E-state index is 11.2. The lowest BCUT2D eigenvalue weighted by Gasteiger charge is -2.22. The lowest BCUT2D eigenvalue weighted by atomic mass is 9.98. The van der Waals surface area contributed by atoms with Crippen molar-refractivity contribution < 1.29 is 9.53 Å². The van der Waals surface area contributed by atoms with Crippen LogP contribution in [0.1, 0.15) is 33.1 Å². The summed E-state index contributed by atoms with van der Waals surface area (Å²) in [5.74, 6) is 0.854. The smallest absolute Gasteiger partial charge is 0.161 e. The van der Waals surface area contributed by atoms with Crippen LogP contribution < -0.4 is 0 Å². The van der Waals surface area contributed by atoms with Gasteiger partial charge in [-0.2, -0.15) is 0 Å². The largest absolute Gasteiger partial charge is 0.370 e. The fourth-order valence-corrected chi connectivity index (χ4v) is 1.35. The first-order valence-electron chi connectivity index (χ1n) is 4.34. The minimum absolute atomic E-state index is 0.0938. The van der Waals surface area contributed by atoms with Gasteiger partial charge in [0, 0.05) is 13.0 Å². The van der Waals surface area contributed by atoms with Crippen LogP contribution in [0.3, 0.4) is 0 Å². The summed E-state index contributed by atoms with van der Waals surface area (Å²) in [5, 5.41) is 0. The second-order valence-corrected chi connectivity index (χ2v) is 3.56. The molecule has 1 fully saturated rings. The molecule has 64 valence electrons. The summed E-state index contributed by atoms with van der Waals surface area (Å²) in [5.41, 5.74) is 0. The molecule has 1 aliphatic heterocycles. The van der Waals surface area contributed by atoms with Crippen LogP contribution >= 0.6 is 0 Å². The number of ketones is 1. The van der Waals surface area contributed by atoms with Crippen molar-refractivity contribution >= 4 is 5.78 Å². The lowest BCUT2D eigenvalue weighted by Crippen LogP contribution is -2.30. The molecule has 1 heterocycles. The van der Waals surface area contributed by atoms with Gasteiger partial charge in [-0.15, -0.1) is 0 Å². The van der Waals surface area contributed by atoms with E-state index in [1.807, 2.05) is 0 Å². The fraction of sp³-hybridized carbons (Fsp3) is 0.889. The van der Waals surface area contributed by atoms with Crippen LogP contribution in [0, 0.1) is 5.92 Å². The second-order valence-electron chi connectivity index (χ2n) is 3.56. The van der Waals surface area contributed by atoms with Crippen molar-refractivity contribution in [3.8, 4) is 0 Å². The molecule has 2 heteroatoms. The molecule has 0 spiro atoms. The molecule has 2 nitrogen and oxygen atoms in total. The van der Waals surface area contributed by atoms with Crippen molar-refractivity contribution in [1.29, 1.82) is 0 Å². The predicted molar refractivity (Wildman–Crippen MR) is 43.4 cm³/mol. The minimum atomic E-state index is -0.0938. The maximum Gasteiger partial charge on any atom is 0.161 e. The fourth-order valence-electron chi connectivity index (χ4n) is 1.35. The summed E-state index contributed by atoms with van der Waals surface area (Å²) in [6.07, 6.45) is 2.42. The molecule has 1 saturated heterocycles. The summed E-state index contributed by atoms with van der Waals surface area (Å²) < 4.78 is 5.35. The average Bonchev–Trinajstić information content (AvgIpc) is 1.93. The molecular formula is C9H16O2. The molecule has 0 radical (unpaired) electrons. The highest BCUT2D eigenvalue weighted by molar-refractivity contribution is 5.83. The van der Waals surface area contributed by atoms with Crippen LogP contribution in [0.2, 0.25) is 0 Å². The van der Waals surface area contributed by atoms with Crippen LogP contribution in [0.25, 0.3) is 0 Å². The highest BCUT2D eigenvalue weighted by Gasteiger charge is 2.23. The Morgan fingerprint density at radius 2 is 2.36 bits per heavy atom. The number of hydrogen-bond donors (Lipinski definition) is 0. The predicted octanol–water partition coefficient (Wildman–Crippen LogP) is 1.78. The van der Waals surface area contributed by atoms with Crippen LogP contribution in [0.5, 0.6) is 0 Å². The molecule has 0 aliphatic carbocycles. The van der Waals surface area contributed by atoms with Crippen molar-refractivity contribution in [3.63, 3.8) is 0 Å². The molecule has 1 atom stereocenters. The van der Waals surface area contributed by atoms with Gasteiger partial charge in [0.1, 0.15) is 6.10 Å². The van der Waals surface area contributed by atoms with Gasteiger partial charge in [-0.05, 0) is 18.8 Å². The summed E-state index contributed by atoms with van der Waals surface area (Å²) >= 11 is 0. The Labute approximate surface area is 67.9 Å². The Balaban J connectivity index is 2.36. The van der Waals surface area contributed by atoms with E-state index in [0.29, 0.717) is 11.7 Å². The third-order valence-corrected chi connectivity index (χ3v) is 1.93. The Bertz CT molecular complexity index is 140. The SMILES string of the molecule is CC(C)CC1OCCCC1=O. The zero-order valence-electron chi connectivity index (χ0n) is 7.30.